The lowest BCUT2D eigenvalue weighted by molar-refractivity contribution is 0.0935. The maximum absolute atomic E-state index is 11.5. The van der Waals surface area contributed by atoms with E-state index in [0.717, 1.165) is 19.5 Å². The highest BCUT2D eigenvalue weighted by Gasteiger charge is 2.17. The van der Waals surface area contributed by atoms with Crippen LogP contribution in [-0.2, 0) is 0 Å². The summed E-state index contributed by atoms with van der Waals surface area (Å²) in [5.74, 6) is -0.0776. The van der Waals surface area contributed by atoms with Gasteiger partial charge in [-0.05, 0) is 19.0 Å². The van der Waals surface area contributed by atoms with Crippen LogP contribution < -0.4 is 10.6 Å². The lowest BCUT2D eigenvalue weighted by Crippen LogP contribution is -2.36. The number of hydrogen-bond acceptors (Lipinski definition) is 3. The molecule has 0 aliphatic carbocycles. The molecule has 0 radical (unpaired) electrons. The zero-order chi connectivity index (χ0) is 9.10. The minimum absolute atomic E-state index is 0.0776. The Labute approximate surface area is 75.9 Å². The fraction of sp³-hybridized carbons (Fsp3) is 0.500. The van der Waals surface area contributed by atoms with Gasteiger partial charge >= 0.3 is 0 Å². The van der Waals surface area contributed by atoms with Gasteiger partial charge < -0.3 is 10.6 Å². The number of aromatic amines is 1. The summed E-state index contributed by atoms with van der Waals surface area (Å²) in [7, 11) is 0. The highest BCUT2D eigenvalue weighted by Crippen LogP contribution is 1.99. The molecule has 1 saturated heterocycles. The maximum Gasteiger partial charge on any atom is 0.269 e. The van der Waals surface area contributed by atoms with E-state index in [1.54, 1.807) is 12.3 Å². The van der Waals surface area contributed by atoms with Gasteiger partial charge in [0.15, 0.2) is 0 Å². The summed E-state index contributed by atoms with van der Waals surface area (Å²) in [4.78, 5) is 11.5. The van der Waals surface area contributed by atoms with Crippen LogP contribution in [0, 0.1) is 0 Å². The van der Waals surface area contributed by atoms with Crippen molar-refractivity contribution in [2.75, 3.05) is 13.1 Å². The van der Waals surface area contributed by atoms with Gasteiger partial charge in [0.25, 0.3) is 5.91 Å². The van der Waals surface area contributed by atoms with Crippen LogP contribution in [0.3, 0.4) is 0 Å². The molecule has 5 nitrogen and oxygen atoms in total. The second-order valence-corrected chi connectivity index (χ2v) is 3.13. The van der Waals surface area contributed by atoms with Crippen molar-refractivity contribution >= 4 is 5.91 Å². The van der Waals surface area contributed by atoms with Gasteiger partial charge in [-0.3, -0.25) is 9.89 Å². The maximum atomic E-state index is 11.5. The molecule has 1 atom stereocenters. The Morgan fingerprint density at radius 2 is 2.62 bits per heavy atom. The summed E-state index contributed by atoms with van der Waals surface area (Å²) in [6.45, 7) is 1.84. The molecule has 70 valence electrons. The first-order chi connectivity index (χ1) is 6.36. The van der Waals surface area contributed by atoms with Gasteiger partial charge in [-0.1, -0.05) is 0 Å². The summed E-state index contributed by atoms with van der Waals surface area (Å²) in [6.07, 6.45) is 2.57. The second-order valence-electron chi connectivity index (χ2n) is 3.13. The van der Waals surface area contributed by atoms with Gasteiger partial charge in [0.05, 0.1) is 0 Å². The van der Waals surface area contributed by atoms with Gasteiger partial charge in [0.2, 0.25) is 0 Å². The largest absolute Gasteiger partial charge is 0.347 e. The van der Waals surface area contributed by atoms with E-state index in [0.29, 0.717) is 5.69 Å². The highest BCUT2D eigenvalue weighted by atomic mass is 16.2. The molecule has 1 fully saturated rings. The molecule has 0 aromatic carbocycles. The minimum Gasteiger partial charge on any atom is -0.347 e. The summed E-state index contributed by atoms with van der Waals surface area (Å²) in [5, 5.41) is 12.4. The van der Waals surface area contributed by atoms with Crippen molar-refractivity contribution in [1.82, 2.24) is 20.8 Å². The summed E-state index contributed by atoms with van der Waals surface area (Å²) < 4.78 is 0. The van der Waals surface area contributed by atoms with E-state index < -0.39 is 0 Å². The molecule has 3 N–H and O–H groups in total. The molecule has 1 aromatic heterocycles. The Kier molecular flexibility index (Phi) is 2.27. The predicted molar refractivity (Wildman–Crippen MR) is 47.3 cm³/mol. The van der Waals surface area contributed by atoms with E-state index in [2.05, 4.69) is 20.8 Å². The van der Waals surface area contributed by atoms with Crippen LogP contribution in [0.2, 0.25) is 0 Å². The summed E-state index contributed by atoms with van der Waals surface area (Å²) >= 11 is 0. The van der Waals surface area contributed by atoms with E-state index in [9.17, 15) is 4.79 Å². The first-order valence-electron chi connectivity index (χ1n) is 4.37. The lowest BCUT2D eigenvalue weighted by Gasteiger charge is -2.09. The Bertz CT molecular complexity index is 276. The van der Waals surface area contributed by atoms with Gasteiger partial charge in [-0.15, -0.1) is 0 Å². The number of hydrogen-bond donors (Lipinski definition) is 3. The van der Waals surface area contributed by atoms with Gasteiger partial charge in [0.1, 0.15) is 5.69 Å². The quantitative estimate of drug-likeness (QED) is 0.574. The average Bonchev–Trinajstić information content (AvgIpc) is 2.74. The third-order valence-electron chi connectivity index (χ3n) is 2.14. The highest BCUT2D eigenvalue weighted by molar-refractivity contribution is 5.92. The van der Waals surface area contributed by atoms with Crippen LogP contribution in [-0.4, -0.2) is 35.2 Å². The molecule has 1 aliphatic heterocycles. The number of amides is 1. The first-order valence-corrected chi connectivity index (χ1v) is 4.37. The molecule has 1 aliphatic rings. The third-order valence-corrected chi connectivity index (χ3v) is 2.14. The first kappa shape index (κ1) is 8.25. The second kappa shape index (κ2) is 3.57. The molecule has 0 saturated carbocycles. The van der Waals surface area contributed by atoms with Crippen molar-refractivity contribution in [3.05, 3.63) is 18.0 Å². The number of rotatable bonds is 2. The SMILES string of the molecule is O=C(NC1CCNC1)c1ccn[nH]1. The molecular weight excluding hydrogens is 168 g/mol. The molecule has 1 amide bonds. The van der Waals surface area contributed by atoms with Gasteiger partial charge in [-0.2, -0.15) is 5.10 Å². The number of nitrogens with zero attached hydrogens (tertiary/aromatic N) is 1. The van der Waals surface area contributed by atoms with Crippen molar-refractivity contribution in [3.8, 4) is 0 Å². The van der Waals surface area contributed by atoms with Crippen molar-refractivity contribution in [2.24, 2.45) is 0 Å². The molecular formula is C8H12N4O. The monoisotopic (exact) mass is 180 g/mol. The Morgan fingerprint density at radius 3 is 3.23 bits per heavy atom. The van der Waals surface area contributed by atoms with E-state index in [1.807, 2.05) is 0 Å². The van der Waals surface area contributed by atoms with Crippen LogP contribution in [0.1, 0.15) is 16.9 Å². The molecule has 2 heterocycles. The third kappa shape index (κ3) is 1.86. The number of aromatic nitrogens is 2. The van der Waals surface area contributed by atoms with Crippen LogP contribution in [0.25, 0.3) is 0 Å². The minimum atomic E-state index is -0.0776. The van der Waals surface area contributed by atoms with E-state index in [1.165, 1.54) is 0 Å². The van der Waals surface area contributed by atoms with Gasteiger partial charge in [-0.25, -0.2) is 0 Å². The van der Waals surface area contributed by atoms with Crippen molar-refractivity contribution < 1.29 is 4.79 Å². The average molecular weight is 180 g/mol. The fourth-order valence-corrected chi connectivity index (χ4v) is 1.42. The molecule has 1 unspecified atom stereocenters. The Hall–Kier alpha value is -1.36. The molecule has 5 heteroatoms. The molecule has 1 aromatic rings. The number of carbonyl (C=O) groups is 1. The van der Waals surface area contributed by atoms with Crippen molar-refractivity contribution in [3.63, 3.8) is 0 Å². The van der Waals surface area contributed by atoms with Gasteiger partial charge in [0, 0.05) is 18.8 Å². The molecule has 13 heavy (non-hydrogen) atoms. The van der Waals surface area contributed by atoms with Crippen molar-refractivity contribution in [2.45, 2.75) is 12.5 Å². The van der Waals surface area contributed by atoms with E-state index >= 15 is 0 Å². The van der Waals surface area contributed by atoms with E-state index in [4.69, 9.17) is 0 Å². The zero-order valence-corrected chi connectivity index (χ0v) is 7.21. The molecule has 2 rings (SSSR count). The topological polar surface area (TPSA) is 69.8 Å². The zero-order valence-electron chi connectivity index (χ0n) is 7.21. The normalized spacial score (nSPS) is 21.7. The smallest absolute Gasteiger partial charge is 0.269 e. The van der Waals surface area contributed by atoms with Crippen LogP contribution in [0.4, 0.5) is 0 Å². The van der Waals surface area contributed by atoms with Crippen LogP contribution >= 0.6 is 0 Å². The molecule has 0 spiro atoms. The fourth-order valence-electron chi connectivity index (χ4n) is 1.42. The lowest BCUT2D eigenvalue weighted by atomic mass is 10.2. The van der Waals surface area contributed by atoms with Crippen molar-refractivity contribution in [1.29, 1.82) is 0 Å². The Morgan fingerprint density at radius 1 is 1.69 bits per heavy atom. The summed E-state index contributed by atoms with van der Waals surface area (Å²) in [6, 6.07) is 1.92. The number of carbonyl (C=O) groups excluding carboxylic acids is 1. The standard InChI is InChI=1S/C8H12N4O/c13-8(7-2-4-10-12-7)11-6-1-3-9-5-6/h2,4,6,9H,1,3,5H2,(H,10,12)(H,11,13). The number of nitrogens with one attached hydrogen (secondary N) is 3. The summed E-state index contributed by atoms with van der Waals surface area (Å²) in [5.41, 5.74) is 0.520. The number of H-pyrrole nitrogens is 1. The van der Waals surface area contributed by atoms with Crippen LogP contribution in [0.5, 0.6) is 0 Å². The van der Waals surface area contributed by atoms with Crippen LogP contribution in [0.15, 0.2) is 12.3 Å². The Balaban J connectivity index is 1.91. The predicted octanol–water partition coefficient (Wildman–Crippen LogP) is -0.499. The molecule has 0 bridgehead atoms. The van der Waals surface area contributed by atoms with E-state index in [-0.39, 0.29) is 11.9 Å².